The lowest BCUT2D eigenvalue weighted by Crippen LogP contribution is -2.01. The van der Waals surface area contributed by atoms with Crippen molar-refractivity contribution in [2.75, 3.05) is 12.5 Å². The molecule has 0 aromatic heterocycles. The van der Waals surface area contributed by atoms with E-state index in [2.05, 4.69) is 0 Å². The van der Waals surface area contributed by atoms with Crippen LogP contribution >= 0.6 is 11.6 Å². The predicted octanol–water partition coefficient (Wildman–Crippen LogP) is 4.31. The van der Waals surface area contributed by atoms with Crippen LogP contribution in [-0.2, 0) is 0 Å². The average molecular weight is 308 g/mol. The Balaban J connectivity index is 2.26. The van der Waals surface area contributed by atoms with Gasteiger partial charge in [0.15, 0.2) is 0 Å². The minimum atomic E-state index is -0.500. The summed E-state index contributed by atoms with van der Waals surface area (Å²) in [4.78, 5) is 10.5. The van der Waals surface area contributed by atoms with Crippen LogP contribution in [0.5, 0.6) is 17.2 Å². The van der Waals surface area contributed by atoms with E-state index in [9.17, 15) is 10.1 Å². The Morgan fingerprint density at radius 3 is 2.62 bits per heavy atom. The van der Waals surface area contributed by atoms with Crippen molar-refractivity contribution < 1.29 is 14.4 Å². The summed E-state index contributed by atoms with van der Waals surface area (Å²) < 4.78 is 11.0. The second-order valence-corrected chi connectivity index (χ2v) is 4.72. The monoisotopic (exact) mass is 307 g/mol. The van der Waals surface area contributed by atoms with E-state index in [1.807, 2.05) is 31.2 Å². The molecule has 0 spiro atoms. The van der Waals surface area contributed by atoms with Gasteiger partial charge in [0.2, 0.25) is 5.75 Å². The number of hydrogen-bond donors (Lipinski definition) is 0. The van der Waals surface area contributed by atoms with Crippen LogP contribution in [0.2, 0.25) is 0 Å². The Hall–Kier alpha value is -2.27. The van der Waals surface area contributed by atoms with Gasteiger partial charge in [0, 0.05) is 12.1 Å². The Morgan fingerprint density at radius 2 is 1.95 bits per heavy atom. The summed E-state index contributed by atoms with van der Waals surface area (Å²) in [5.74, 6) is 1.52. The maximum atomic E-state index is 11.0. The van der Waals surface area contributed by atoms with Crippen molar-refractivity contribution in [3.63, 3.8) is 0 Å². The van der Waals surface area contributed by atoms with Crippen LogP contribution < -0.4 is 9.47 Å². The van der Waals surface area contributed by atoms with Gasteiger partial charge in [-0.3, -0.25) is 10.1 Å². The molecule has 0 aliphatic carbocycles. The van der Waals surface area contributed by atoms with E-state index in [-0.39, 0.29) is 23.9 Å². The normalized spacial score (nSPS) is 10.2. The molecule has 21 heavy (non-hydrogen) atoms. The van der Waals surface area contributed by atoms with Crippen molar-refractivity contribution in [2.45, 2.75) is 6.92 Å². The number of ether oxygens (including phenoxy) is 2. The van der Waals surface area contributed by atoms with Crippen molar-refractivity contribution in [2.24, 2.45) is 0 Å². The van der Waals surface area contributed by atoms with Crippen LogP contribution in [0.1, 0.15) is 5.56 Å². The Kier molecular flexibility index (Phi) is 5.00. The van der Waals surface area contributed by atoms with Gasteiger partial charge in [0.1, 0.15) is 18.1 Å². The fourth-order valence-electron chi connectivity index (χ4n) is 1.79. The summed E-state index contributed by atoms with van der Waals surface area (Å²) >= 11 is 5.54. The van der Waals surface area contributed by atoms with Crippen LogP contribution in [-0.4, -0.2) is 17.4 Å². The summed E-state index contributed by atoms with van der Waals surface area (Å²) in [7, 11) is 0. The summed E-state index contributed by atoms with van der Waals surface area (Å²) in [6, 6.07) is 11.9. The zero-order chi connectivity index (χ0) is 15.2. The molecule has 0 saturated heterocycles. The van der Waals surface area contributed by atoms with Crippen molar-refractivity contribution in [1.82, 2.24) is 0 Å². The number of hydrogen-bond acceptors (Lipinski definition) is 4. The molecule has 0 amide bonds. The van der Waals surface area contributed by atoms with Crippen molar-refractivity contribution in [3.8, 4) is 17.2 Å². The zero-order valence-corrected chi connectivity index (χ0v) is 12.2. The lowest BCUT2D eigenvalue weighted by atomic mass is 10.2. The van der Waals surface area contributed by atoms with Gasteiger partial charge < -0.3 is 9.47 Å². The molecule has 0 radical (unpaired) electrons. The fraction of sp³-hybridized carbons (Fsp3) is 0.200. The minimum Gasteiger partial charge on any atom is -0.485 e. The smallest absolute Gasteiger partial charge is 0.311 e. The predicted molar refractivity (Wildman–Crippen MR) is 80.6 cm³/mol. The Bertz CT molecular complexity index is 645. The molecule has 0 bridgehead atoms. The van der Waals surface area contributed by atoms with E-state index in [1.54, 1.807) is 0 Å². The maximum absolute atomic E-state index is 11.0. The quantitative estimate of drug-likeness (QED) is 0.453. The Labute approximate surface area is 127 Å². The van der Waals surface area contributed by atoms with E-state index in [1.165, 1.54) is 18.2 Å². The zero-order valence-electron chi connectivity index (χ0n) is 11.4. The highest BCUT2D eigenvalue weighted by molar-refractivity contribution is 6.18. The molecule has 0 unspecified atom stereocenters. The highest BCUT2D eigenvalue weighted by Crippen LogP contribution is 2.33. The molecular weight excluding hydrogens is 294 g/mol. The number of aryl methyl sites for hydroxylation is 1. The molecule has 0 N–H and O–H groups in total. The van der Waals surface area contributed by atoms with Gasteiger partial charge in [-0.1, -0.05) is 12.1 Å². The number of benzene rings is 2. The molecule has 0 aliphatic heterocycles. The molecule has 0 aliphatic rings. The van der Waals surface area contributed by atoms with E-state index in [0.29, 0.717) is 11.5 Å². The van der Waals surface area contributed by atoms with Gasteiger partial charge in [-0.05, 0) is 30.7 Å². The van der Waals surface area contributed by atoms with Gasteiger partial charge in [-0.25, -0.2) is 0 Å². The van der Waals surface area contributed by atoms with Gasteiger partial charge in [0.05, 0.1) is 10.8 Å². The lowest BCUT2D eigenvalue weighted by Gasteiger charge is -2.09. The number of alkyl halides is 1. The van der Waals surface area contributed by atoms with Gasteiger partial charge in [-0.2, -0.15) is 0 Å². The van der Waals surface area contributed by atoms with E-state index >= 15 is 0 Å². The molecule has 110 valence electrons. The molecule has 0 saturated carbocycles. The number of rotatable bonds is 6. The number of nitro groups is 1. The first-order chi connectivity index (χ1) is 10.1. The van der Waals surface area contributed by atoms with E-state index in [4.69, 9.17) is 21.1 Å². The van der Waals surface area contributed by atoms with Crippen molar-refractivity contribution >= 4 is 17.3 Å². The maximum Gasteiger partial charge on any atom is 0.311 e. The fourth-order valence-corrected chi connectivity index (χ4v) is 1.86. The van der Waals surface area contributed by atoms with Gasteiger partial charge >= 0.3 is 5.69 Å². The molecule has 0 fully saturated rings. The highest BCUT2D eigenvalue weighted by Gasteiger charge is 2.16. The summed E-state index contributed by atoms with van der Waals surface area (Å²) in [6.07, 6.45) is 0. The van der Waals surface area contributed by atoms with E-state index in [0.717, 1.165) is 5.56 Å². The second kappa shape index (κ2) is 6.95. The van der Waals surface area contributed by atoms with Gasteiger partial charge in [0.25, 0.3) is 0 Å². The highest BCUT2D eigenvalue weighted by atomic mass is 35.5. The summed E-state index contributed by atoms with van der Waals surface area (Å²) in [5.41, 5.74) is 0.949. The van der Waals surface area contributed by atoms with Crippen LogP contribution in [0, 0.1) is 17.0 Å². The number of halogens is 1. The molecular formula is C15H14ClNO4. The molecule has 0 atom stereocenters. The average Bonchev–Trinajstić information content (AvgIpc) is 2.45. The standard InChI is InChI=1S/C15H14ClNO4/c1-11-3-2-4-12(9-11)21-13-5-6-14(17(18)19)15(10-13)20-8-7-16/h2-6,9-10H,7-8H2,1H3. The molecule has 0 heterocycles. The molecule has 2 rings (SSSR count). The van der Waals surface area contributed by atoms with Crippen LogP contribution in [0.25, 0.3) is 0 Å². The first kappa shape index (κ1) is 15.1. The first-order valence-corrected chi connectivity index (χ1v) is 6.85. The molecule has 2 aromatic rings. The van der Waals surface area contributed by atoms with Crippen LogP contribution in [0.15, 0.2) is 42.5 Å². The SMILES string of the molecule is Cc1cccc(Oc2ccc([N+](=O)[O-])c(OCCCl)c2)c1. The molecule has 6 heteroatoms. The summed E-state index contributed by atoms with van der Waals surface area (Å²) in [5, 5.41) is 11.0. The third-order valence-corrected chi connectivity index (χ3v) is 2.84. The molecule has 2 aromatic carbocycles. The van der Waals surface area contributed by atoms with Crippen molar-refractivity contribution in [1.29, 1.82) is 0 Å². The van der Waals surface area contributed by atoms with Crippen molar-refractivity contribution in [3.05, 3.63) is 58.1 Å². The van der Waals surface area contributed by atoms with Gasteiger partial charge in [-0.15, -0.1) is 11.6 Å². The van der Waals surface area contributed by atoms with Crippen LogP contribution in [0.3, 0.4) is 0 Å². The first-order valence-electron chi connectivity index (χ1n) is 6.32. The number of nitrogens with zero attached hydrogens (tertiary/aromatic N) is 1. The topological polar surface area (TPSA) is 61.6 Å². The van der Waals surface area contributed by atoms with E-state index < -0.39 is 4.92 Å². The minimum absolute atomic E-state index is 0.114. The number of nitro benzene ring substituents is 1. The lowest BCUT2D eigenvalue weighted by molar-refractivity contribution is -0.385. The largest absolute Gasteiger partial charge is 0.485 e. The third kappa shape index (κ3) is 4.10. The second-order valence-electron chi connectivity index (χ2n) is 4.34. The third-order valence-electron chi connectivity index (χ3n) is 2.69. The Morgan fingerprint density at radius 1 is 1.19 bits per heavy atom. The van der Waals surface area contributed by atoms with Crippen LogP contribution in [0.4, 0.5) is 5.69 Å². The summed E-state index contributed by atoms with van der Waals surface area (Å²) in [6.45, 7) is 2.15. The molecule has 5 nitrogen and oxygen atoms in total.